The molecule has 0 amide bonds. The molecule has 0 saturated heterocycles. The van der Waals surface area contributed by atoms with E-state index in [1.165, 1.54) is 18.2 Å². The molecular weight excluding hydrogens is 251 g/mol. The Bertz CT molecular complexity index is 746. The van der Waals surface area contributed by atoms with Crippen LogP contribution in [-0.2, 0) is 6.54 Å². The van der Waals surface area contributed by atoms with Gasteiger partial charge in [0.05, 0.1) is 12.1 Å². The first-order chi connectivity index (χ1) is 9.16. The topological polar surface area (TPSA) is 4.93 Å². The normalized spacial score (nSPS) is 11.1. The van der Waals surface area contributed by atoms with Crippen molar-refractivity contribution in [2.24, 2.45) is 0 Å². The number of rotatable bonds is 2. The third-order valence-corrected chi connectivity index (χ3v) is 3.13. The minimum absolute atomic E-state index is 0.163. The van der Waals surface area contributed by atoms with Crippen LogP contribution in [0.25, 0.3) is 10.9 Å². The van der Waals surface area contributed by atoms with Gasteiger partial charge in [-0.15, -0.1) is 0 Å². The molecule has 0 aliphatic rings. The molecule has 4 heteroatoms. The molecule has 3 aromatic rings. The van der Waals surface area contributed by atoms with E-state index in [0.29, 0.717) is 10.9 Å². The van der Waals surface area contributed by atoms with E-state index in [0.717, 1.165) is 6.07 Å². The van der Waals surface area contributed by atoms with Crippen molar-refractivity contribution in [3.05, 3.63) is 71.7 Å². The van der Waals surface area contributed by atoms with Gasteiger partial charge in [0.25, 0.3) is 0 Å². The molecule has 0 fully saturated rings. The number of halogens is 3. The Kier molecular flexibility index (Phi) is 2.78. The van der Waals surface area contributed by atoms with Crippen LogP contribution in [0.5, 0.6) is 0 Å². The van der Waals surface area contributed by atoms with Gasteiger partial charge in [-0.2, -0.15) is 0 Å². The van der Waals surface area contributed by atoms with Gasteiger partial charge in [-0.3, -0.25) is 0 Å². The van der Waals surface area contributed by atoms with Gasteiger partial charge in [-0.25, -0.2) is 13.2 Å². The third kappa shape index (κ3) is 1.99. The molecule has 0 bridgehead atoms. The van der Waals surface area contributed by atoms with Crippen LogP contribution in [0.2, 0.25) is 0 Å². The summed E-state index contributed by atoms with van der Waals surface area (Å²) in [6.45, 7) is 0.163. The molecule has 2 aromatic carbocycles. The summed E-state index contributed by atoms with van der Waals surface area (Å²) >= 11 is 0. The van der Waals surface area contributed by atoms with Crippen molar-refractivity contribution in [1.82, 2.24) is 4.57 Å². The first-order valence-corrected chi connectivity index (χ1v) is 5.83. The summed E-state index contributed by atoms with van der Waals surface area (Å²) in [5.41, 5.74) is 0.894. The average molecular weight is 261 g/mol. The minimum atomic E-state index is -0.875. The van der Waals surface area contributed by atoms with E-state index in [9.17, 15) is 13.2 Å². The Morgan fingerprint density at radius 1 is 0.842 bits per heavy atom. The van der Waals surface area contributed by atoms with Crippen LogP contribution in [0.4, 0.5) is 13.2 Å². The highest BCUT2D eigenvalue weighted by Crippen LogP contribution is 2.21. The molecule has 19 heavy (non-hydrogen) atoms. The molecule has 0 atom stereocenters. The molecule has 0 aliphatic heterocycles. The number of hydrogen-bond donors (Lipinski definition) is 0. The molecule has 0 N–H and O–H groups in total. The summed E-state index contributed by atoms with van der Waals surface area (Å²) < 4.78 is 42.0. The van der Waals surface area contributed by atoms with Gasteiger partial charge in [0.1, 0.15) is 5.82 Å². The molecule has 0 aliphatic carbocycles. The quantitative estimate of drug-likeness (QED) is 0.654. The van der Waals surface area contributed by atoms with Gasteiger partial charge in [-0.1, -0.05) is 18.2 Å². The summed E-state index contributed by atoms with van der Waals surface area (Å²) in [6, 6.07) is 10.4. The van der Waals surface area contributed by atoms with Crippen LogP contribution >= 0.6 is 0 Å². The third-order valence-electron chi connectivity index (χ3n) is 3.13. The fraction of sp³-hybridized carbons (Fsp3) is 0.0667. The van der Waals surface area contributed by atoms with E-state index in [-0.39, 0.29) is 17.9 Å². The fourth-order valence-corrected chi connectivity index (χ4v) is 2.18. The van der Waals surface area contributed by atoms with Crippen LogP contribution in [0, 0.1) is 17.5 Å². The summed E-state index contributed by atoms with van der Waals surface area (Å²) in [4.78, 5) is 0. The fourth-order valence-electron chi connectivity index (χ4n) is 2.18. The molecule has 1 nitrogen and oxygen atoms in total. The molecule has 0 radical (unpaired) electrons. The molecule has 1 heterocycles. The highest BCUT2D eigenvalue weighted by atomic mass is 19.2. The number of benzene rings is 2. The predicted octanol–water partition coefficient (Wildman–Crippen LogP) is 4.11. The Labute approximate surface area is 107 Å². The Balaban J connectivity index is 2.07. The van der Waals surface area contributed by atoms with Crippen molar-refractivity contribution < 1.29 is 13.2 Å². The van der Waals surface area contributed by atoms with Gasteiger partial charge in [0.15, 0.2) is 11.6 Å². The lowest BCUT2D eigenvalue weighted by Gasteiger charge is -2.07. The van der Waals surface area contributed by atoms with Crippen molar-refractivity contribution >= 4 is 10.9 Å². The zero-order valence-corrected chi connectivity index (χ0v) is 9.91. The van der Waals surface area contributed by atoms with E-state index in [1.807, 2.05) is 0 Å². The Hall–Kier alpha value is -2.23. The molecule has 96 valence electrons. The predicted molar refractivity (Wildman–Crippen MR) is 67.4 cm³/mol. The standard InChI is InChI=1S/C15H10F3N/c16-12-4-2-6-14-11(12)7-8-19(14)9-10-3-1-5-13(17)15(10)18/h1-8H,9H2. The Morgan fingerprint density at radius 3 is 2.42 bits per heavy atom. The van der Waals surface area contributed by atoms with E-state index in [1.54, 1.807) is 29.0 Å². The number of fused-ring (bicyclic) bond motifs is 1. The van der Waals surface area contributed by atoms with Gasteiger partial charge < -0.3 is 4.57 Å². The van der Waals surface area contributed by atoms with Crippen LogP contribution < -0.4 is 0 Å². The van der Waals surface area contributed by atoms with Crippen LogP contribution in [0.15, 0.2) is 48.7 Å². The number of nitrogens with zero attached hydrogens (tertiary/aromatic N) is 1. The second-order valence-electron chi connectivity index (χ2n) is 4.33. The molecule has 3 rings (SSSR count). The van der Waals surface area contributed by atoms with Crippen molar-refractivity contribution in [3.8, 4) is 0 Å². The zero-order chi connectivity index (χ0) is 13.4. The highest BCUT2D eigenvalue weighted by Gasteiger charge is 2.10. The van der Waals surface area contributed by atoms with Gasteiger partial charge >= 0.3 is 0 Å². The van der Waals surface area contributed by atoms with Gasteiger partial charge in [0, 0.05) is 17.1 Å². The summed E-state index contributed by atoms with van der Waals surface area (Å²) in [5.74, 6) is -2.06. The minimum Gasteiger partial charge on any atom is -0.343 e. The van der Waals surface area contributed by atoms with Crippen molar-refractivity contribution in [2.75, 3.05) is 0 Å². The van der Waals surface area contributed by atoms with E-state index in [4.69, 9.17) is 0 Å². The first kappa shape index (κ1) is 11.8. The zero-order valence-electron chi connectivity index (χ0n) is 9.91. The van der Waals surface area contributed by atoms with Crippen LogP contribution in [-0.4, -0.2) is 4.57 Å². The summed E-state index contributed by atoms with van der Waals surface area (Å²) in [7, 11) is 0. The second kappa shape index (κ2) is 4.46. The van der Waals surface area contributed by atoms with E-state index < -0.39 is 11.6 Å². The first-order valence-electron chi connectivity index (χ1n) is 5.83. The van der Waals surface area contributed by atoms with E-state index in [2.05, 4.69) is 0 Å². The smallest absolute Gasteiger partial charge is 0.163 e. The number of aromatic nitrogens is 1. The lowest BCUT2D eigenvalue weighted by Crippen LogP contribution is -2.02. The van der Waals surface area contributed by atoms with Crippen molar-refractivity contribution in [1.29, 1.82) is 0 Å². The molecular formula is C15H10F3N. The van der Waals surface area contributed by atoms with Gasteiger partial charge in [0.2, 0.25) is 0 Å². The van der Waals surface area contributed by atoms with E-state index >= 15 is 0 Å². The van der Waals surface area contributed by atoms with Crippen molar-refractivity contribution in [2.45, 2.75) is 6.54 Å². The maximum atomic E-state index is 13.6. The SMILES string of the molecule is Fc1cccc(Cn2ccc3c(F)cccc32)c1F. The average Bonchev–Trinajstić information content (AvgIpc) is 2.80. The molecule has 1 aromatic heterocycles. The van der Waals surface area contributed by atoms with Crippen molar-refractivity contribution in [3.63, 3.8) is 0 Å². The largest absolute Gasteiger partial charge is 0.343 e. The Morgan fingerprint density at radius 2 is 1.58 bits per heavy atom. The second-order valence-corrected chi connectivity index (χ2v) is 4.33. The highest BCUT2D eigenvalue weighted by molar-refractivity contribution is 5.80. The summed E-state index contributed by atoms with van der Waals surface area (Å²) in [6.07, 6.45) is 1.66. The van der Waals surface area contributed by atoms with Crippen LogP contribution in [0.1, 0.15) is 5.56 Å². The summed E-state index contributed by atoms with van der Waals surface area (Å²) in [5, 5.41) is 0.472. The monoisotopic (exact) mass is 261 g/mol. The molecule has 0 unspecified atom stereocenters. The maximum absolute atomic E-state index is 13.6. The molecule has 0 spiro atoms. The number of hydrogen-bond acceptors (Lipinski definition) is 0. The maximum Gasteiger partial charge on any atom is 0.163 e. The van der Waals surface area contributed by atoms with Crippen LogP contribution in [0.3, 0.4) is 0 Å². The van der Waals surface area contributed by atoms with Gasteiger partial charge in [-0.05, 0) is 24.3 Å². The lowest BCUT2D eigenvalue weighted by atomic mass is 10.2. The molecule has 0 saturated carbocycles. The lowest BCUT2D eigenvalue weighted by molar-refractivity contribution is 0.496.